The number of aryl methyl sites for hydroxylation is 1. The van der Waals surface area contributed by atoms with E-state index in [1.54, 1.807) is 22.9 Å². The molecule has 0 saturated carbocycles. The number of carbonyl (C=O) groups excluding carboxylic acids is 1. The van der Waals surface area contributed by atoms with E-state index in [1.807, 2.05) is 12.3 Å². The van der Waals surface area contributed by atoms with E-state index in [4.69, 9.17) is 11.6 Å². The summed E-state index contributed by atoms with van der Waals surface area (Å²) in [6, 6.07) is 1.68. The number of hydrogen-bond donors (Lipinski definition) is 1. The Morgan fingerprint density at radius 1 is 1.50 bits per heavy atom. The van der Waals surface area contributed by atoms with E-state index in [0.29, 0.717) is 23.6 Å². The van der Waals surface area contributed by atoms with Gasteiger partial charge in [-0.3, -0.25) is 9.78 Å². The summed E-state index contributed by atoms with van der Waals surface area (Å²) in [4.78, 5) is 20.1. The number of nitrogens with zero attached hydrogens (tertiary/aromatic N) is 2. The molecule has 94 valence electrons. The Morgan fingerprint density at radius 3 is 3.00 bits per heavy atom. The van der Waals surface area contributed by atoms with Crippen molar-refractivity contribution in [2.45, 2.75) is 13.3 Å². The van der Waals surface area contributed by atoms with Crippen molar-refractivity contribution in [3.05, 3.63) is 45.1 Å². The Hall–Kier alpha value is -1.46. The molecule has 0 unspecified atom stereocenters. The molecule has 2 rings (SSSR count). The summed E-state index contributed by atoms with van der Waals surface area (Å²) in [6.07, 6.45) is 2.21. The quantitative estimate of drug-likeness (QED) is 0.937. The molecule has 0 radical (unpaired) electrons. The maximum Gasteiger partial charge on any atom is 0.254 e. The third-order valence-corrected chi connectivity index (χ3v) is 3.33. The molecule has 2 heterocycles. The lowest BCUT2D eigenvalue weighted by Gasteiger charge is -2.06. The van der Waals surface area contributed by atoms with Crippen LogP contribution in [-0.2, 0) is 6.42 Å². The summed E-state index contributed by atoms with van der Waals surface area (Å²) < 4.78 is 0. The number of amides is 1. The molecule has 0 aromatic carbocycles. The van der Waals surface area contributed by atoms with Gasteiger partial charge in [0.15, 0.2) is 0 Å². The molecule has 2 aromatic rings. The highest BCUT2D eigenvalue weighted by Crippen LogP contribution is 2.15. The summed E-state index contributed by atoms with van der Waals surface area (Å²) in [7, 11) is 0. The van der Waals surface area contributed by atoms with Gasteiger partial charge in [0.1, 0.15) is 0 Å². The van der Waals surface area contributed by atoms with Crippen molar-refractivity contribution in [1.82, 2.24) is 15.3 Å². The molecule has 1 amide bonds. The minimum absolute atomic E-state index is 0.206. The number of thiazole rings is 1. The second-order valence-corrected chi connectivity index (χ2v) is 4.92. The fourth-order valence-corrected chi connectivity index (χ4v) is 2.34. The number of rotatable bonds is 4. The number of nitrogens with one attached hydrogen (secondary N) is 1. The van der Waals surface area contributed by atoms with E-state index < -0.39 is 0 Å². The molecule has 0 aliphatic rings. The molecule has 4 nitrogen and oxygen atoms in total. The van der Waals surface area contributed by atoms with Crippen LogP contribution in [-0.4, -0.2) is 22.4 Å². The summed E-state index contributed by atoms with van der Waals surface area (Å²) >= 11 is 7.54. The highest BCUT2D eigenvalue weighted by Gasteiger charge is 2.10. The average molecular weight is 282 g/mol. The van der Waals surface area contributed by atoms with E-state index in [2.05, 4.69) is 15.3 Å². The van der Waals surface area contributed by atoms with Gasteiger partial charge in [-0.2, -0.15) is 0 Å². The highest BCUT2D eigenvalue weighted by atomic mass is 35.5. The topological polar surface area (TPSA) is 54.9 Å². The lowest BCUT2D eigenvalue weighted by atomic mass is 10.2. The Morgan fingerprint density at radius 2 is 2.33 bits per heavy atom. The van der Waals surface area contributed by atoms with Gasteiger partial charge < -0.3 is 5.32 Å². The molecule has 1 N–H and O–H groups in total. The van der Waals surface area contributed by atoms with Crippen LogP contribution in [0.15, 0.2) is 23.2 Å². The first-order chi connectivity index (χ1) is 8.66. The Labute approximate surface area is 114 Å². The van der Waals surface area contributed by atoms with E-state index in [-0.39, 0.29) is 5.91 Å². The van der Waals surface area contributed by atoms with Crippen LogP contribution in [0.25, 0.3) is 0 Å². The highest BCUT2D eigenvalue weighted by molar-refractivity contribution is 7.07. The minimum Gasteiger partial charge on any atom is -0.352 e. The number of halogens is 1. The van der Waals surface area contributed by atoms with Crippen molar-refractivity contribution in [2.24, 2.45) is 0 Å². The number of hydrogen-bond acceptors (Lipinski definition) is 4. The fraction of sp³-hybridized carbons (Fsp3) is 0.250. The van der Waals surface area contributed by atoms with Gasteiger partial charge in [0.2, 0.25) is 0 Å². The molecular weight excluding hydrogens is 270 g/mol. The maximum atomic E-state index is 11.9. The zero-order valence-electron chi connectivity index (χ0n) is 9.81. The third kappa shape index (κ3) is 3.27. The first-order valence-corrected chi connectivity index (χ1v) is 6.76. The van der Waals surface area contributed by atoms with Crippen molar-refractivity contribution in [3.8, 4) is 0 Å². The second kappa shape index (κ2) is 5.93. The van der Waals surface area contributed by atoms with Gasteiger partial charge in [-0.15, -0.1) is 11.3 Å². The minimum atomic E-state index is -0.206. The normalized spacial score (nSPS) is 10.3. The molecule has 0 fully saturated rings. The Bertz CT molecular complexity index is 542. The van der Waals surface area contributed by atoms with Gasteiger partial charge in [-0.1, -0.05) is 11.6 Å². The monoisotopic (exact) mass is 281 g/mol. The van der Waals surface area contributed by atoms with Crippen LogP contribution in [0.4, 0.5) is 0 Å². The zero-order valence-corrected chi connectivity index (χ0v) is 11.4. The lowest BCUT2D eigenvalue weighted by molar-refractivity contribution is 0.0954. The molecule has 6 heteroatoms. The van der Waals surface area contributed by atoms with Crippen molar-refractivity contribution >= 4 is 28.8 Å². The first-order valence-electron chi connectivity index (χ1n) is 5.44. The van der Waals surface area contributed by atoms with Crippen LogP contribution in [0.2, 0.25) is 5.02 Å². The molecule has 0 atom stereocenters. The van der Waals surface area contributed by atoms with Gasteiger partial charge in [0, 0.05) is 30.2 Å². The van der Waals surface area contributed by atoms with Crippen molar-refractivity contribution in [3.63, 3.8) is 0 Å². The molecule has 0 aliphatic heterocycles. The van der Waals surface area contributed by atoms with E-state index in [9.17, 15) is 4.79 Å². The molecule has 2 aromatic heterocycles. The number of carbonyl (C=O) groups is 1. The largest absolute Gasteiger partial charge is 0.352 e. The summed E-state index contributed by atoms with van der Waals surface area (Å²) in [5.74, 6) is -0.206. The van der Waals surface area contributed by atoms with Gasteiger partial charge >= 0.3 is 0 Å². The van der Waals surface area contributed by atoms with Crippen molar-refractivity contribution in [2.75, 3.05) is 6.54 Å². The molecule has 0 saturated heterocycles. The number of pyridine rings is 1. The molecule has 0 aliphatic carbocycles. The Balaban J connectivity index is 1.91. The predicted octanol–water partition coefficient (Wildman–Crippen LogP) is 2.47. The smallest absolute Gasteiger partial charge is 0.254 e. The Kier molecular flexibility index (Phi) is 4.28. The summed E-state index contributed by atoms with van der Waals surface area (Å²) in [6.45, 7) is 2.36. The summed E-state index contributed by atoms with van der Waals surface area (Å²) in [5.41, 5.74) is 3.95. The predicted molar refractivity (Wildman–Crippen MR) is 72.1 cm³/mol. The van der Waals surface area contributed by atoms with Crippen LogP contribution >= 0.6 is 22.9 Å². The first kappa shape index (κ1) is 13.0. The van der Waals surface area contributed by atoms with Crippen LogP contribution in [0, 0.1) is 6.92 Å². The number of aromatic nitrogens is 2. The van der Waals surface area contributed by atoms with E-state index in [1.165, 1.54) is 6.20 Å². The fourth-order valence-electron chi connectivity index (χ4n) is 1.45. The molecule has 0 bridgehead atoms. The van der Waals surface area contributed by atoms with Crippen LogP contribution in [0.3, 0.4) is 0 Å². The van der Waals surface area contributed by atoms with E-state index >= 15 is 0 Å². The lowest BCUT2D eigenvalue weighted by Crippen LogP contribution is -2.26. The average Bonchev–Trinajstić information content (AvgIpc) is 2.81. The van der Waals surface area contributed by atoms with Crippen LogP contribution < -0.4 is 5.32 Å². The molecule has 0 spiro atoms. The summed E-state index contributed by atoms with van der Waals surface area (Å²) in [5, 5.41) is 5.19. The van der Waals surface area contributed by atoms with Gasteiger partial charge in [-0.25, -0.2) is 4.98 Å². The van der Waals surface area contributed by atoms with Crippen molar-refractivity contribution in [1.29, 1.82) is 0 Å². The SMILES string of the molecule is Cc1cc(Cl)c(C(=O)NCCc2cscn2)cn1. The van der Waals surface area contributed by atoms with Crippen LogP contribution in [0.5, 0.6) is 0 Å². The zero-order chi connectivity index (χ0) is 13.0. The second-order valence-electron chi connectivity index (χ2n) is 3.79. The van der Waals surface area contributed by atoms with Crippen LogP contribution in [0.1, 0.15) is 21.7 Å². The van der Waals surface area contributed by atoms with Crippen molar-refractivity contribution < 1.29 is 4.79 Å². The maximum absolute atomic E-state index is 11.9. The van der Waals surface area contributed by atoms with Gasteiger partial charge in [0.05, 0.1) is 21.8 Å². The van der Waals surface area contributed by atoms with Gasteiger partial charge in [0.25, 0.3) is 5.91 Å². The molecular formula is C12H12ClN3OS. The van der Waals surface area contributed by atoms with E-state index in [0.717, 1.165) is 11.4 Å². The standard InChI is InChI=1S/C12H12ClN3OS/c1-8-4-11(13)10(5-15-8)12(17)14-3-2-9-6-18-7-16-9/h4-7H,2-3H2,1H3,(H,14,17). The van der Waals surface area contributed by atoms with Gasteiger partial charge in [-0.05, 0) is 13.0 Å². The molecule has 18 heavy (non-hydrogen) atoms. The third-order valence-electron chi connectivity index (χ3n) is 2.38.